The van der Waals surface area contributed by atoms with Gasteiger partial charge in [0.15, 0.2) is 4.29 Å². The molecule has 1 N–H and O–H groups in total. The van der Waals surface area contributed by atoms with E-state index in [4.69, 9.17) is 13.0 Å². The summed E-state index contributed by atoms with van der Waals surface area (Å²) in [5, 5.41) is 0. The number of hydrogen-bond acceptors (Lipinski definition) is 2. The standard InChI is InChI=1S/C18Br38.H2O3S/c19-1(20,3(23,24)5(27,28)7(31,32)9(35,36)11(39,40)13(43,44)15(47,48)17(51,52)53)2(21,22)4(25,26)6(29,30)8(33,34)10(37,38)12(41,42)14(45,46)16(49,50)18(54,55)56;1-4(2)3/h;4H,(H,1,2,3). The molecule has 0 amide bonds. The van der Waals surface area contributed by atoms with Crippen LogP contribution in [0.25, 0.3) is 0 Å². The van der Waals surface area contributed by atoms with Crippen LogP contribution in [0.1, 0.15) is 0 Å². The average Bonchev–Trinajstić information content (AvgIpc) is 2.97. The zero-order chi connectivity index (χ0) is 50.6. The summed E-state index contributed by atoms with van der Waals surface area (Å²) >= 11 is 149. The van der Waals surface area contributed by atoms with E-state index in [0.717, 1.165) is 0 Å². The Labute approximate surface area is 668 Å². The van der Waals surface area contributed by atoms with E-state index in [2.05, 4.69) is 605 Å². The quantitative estimate of drug-likeness (QED) is 0.0976. The van der Waals surface area contributed by atoms with Crippen molar-refractivity contribution in [2.24, 2.45) is 0 Å². The Kier molecular flexibility index (Phi) is 35.9. The fraction of sp³-hybridized carbons (Fsp3) is 1.00. The first-order chi connectivity index (χ1) is 25.0. The van der Waals surface area contributed by atoms with Crippen LogP contribution in [0.4, 0.5) is 0 Å². The van der Waals surface area contributed by atoms with Gasteiger partial charge in [-0.15, -0.1) is 0 Å². The van der Waals surface area contributed by atoms with Gasteiger partial charge in [0.05, 0.1) is 0 Å². The molecule has 0 aliphatic heterocycles. The highest BCUT2D eigenvalue weighted by Gasteiger charge is 2.84. The number of hydrogen-bond donors (Lipinski definition) is 2. The Morgan fingerprint density at radius 1 is 0.183 bits per heavy atom. The van der Waals surface area contributed by atoms with Gasteiger partial charge in [-0.05, 0) is 0 Å². The Morgan fingerprint density at radius 3 is 0.283 bits per heavy atom. The summed E-state index contributed by atoms with van der Waals surface area (Å²) in [6, 6.07) is 0. The summed E-state index contributed by atoms with van der Waals surface area (Å²) in [6.07, 6.45) is 0. The SMILES string of the molecule is BrC(Br)(Br)C(Br)(Br)C(Br)(Br)C(Br)(Br)C(Br)(Br)C(Br)(Br)C(Br)(Br)C(Br)(Br)C(Br)(Br)C(Br)(Br)C(Br)(Br)C(Br)(Br)C(Br)(Br)C(Br)(Br)C(Br)(Br)C(Br)(Br)C(Br)(Br)C(Br)(Br)Br.O=[SH](=O)O. The molecule has 0 saturated carbocycles. The van der Waals surface area contributed by atoms with Crippen molar-refractivity contribution in [3.8, 4) is 0 Å². The van der Waals surface area contributed by atoms with Gasteiger partial charge in [-0.3, -0.25) is 4.55 Å². The zero-order valence-corrected chi connectivity index (χ0v) is 86.2. The van der Waals surface area contributed by atoms with Crippen LogP contribution >= 0.6 is 605 Å². The molecular formula is C18H2Br38O3S. The lowest BCUT2D eigenvalue weighted by atomic mass is 10.0. The predicted octanol–water partition coefficient (Wildman–Crippen LogP) is 27.5. The van der Waals surface area contributed by atoms with Crippen LogP contribution in [0.2, 0.25) is 0 Å². The first-order valence-corrected chi connectivity index (χ1v) is 43.3. The number of rotatable bonds is 15. The Hall–Kier alpha value is 18.2. The minimum absolute atomic E-state index is 0.910. The van der Waals surface area contributed by atoms with Crippen LogP contribution in [0.5, 0.6) is 0 Å². The minimum atomic E-state index is -3.12. The highest BCUT2D eigenvalue weighted by atomic mass is 80.0. The van der Waals surface area contributed by atoms with Gasteiger partial charge in [0.1, 0.15) is 51.7 Å². The van der Waals surface area contributed by atoms with Gasteiger partial charge in [0, 0.05) is 0 Å². The molecule has 0 spiro atoms. The van der Waals surface area contributed by atoms with Crippen LogP contribution < -0.4 is 0 Å². The van der Waals surface area contributed by atoms with Gasteiger partial charge >= 0.3 is 0 Å². The molecule has 0 aliphatic carbocycles. The molecule has 0 heterocycles. The summed E-state index contributed by atoms with van der Waals surface area (Å²) in [4.78, 5) is 0. The van der Waals surface area contributed by atoms with Crippen molar-refractivity contribution in [3.05, 3.63) is 0 Å². The van der Waals surface area contributed by atoms with E-state index >= 15 is 0 Å². The molecule has 0 aliphatic rings. The summed E-state index contributed by atoms with van der Waals surface area (Å²) in [5.74, 6) is 0. The van der Waals surface area contributed by atoms with Crippen LogP contribution in [0.15, 0.2) is 0 Å². The Morgan fingerprint density at radius 2 is 0.233 bits per heavy atom. The van der Waals surface area contributed by atoms with Gasteiger partial charge in [0.25, 0.3) is 11.0 Å². The maximum absolute atomic E-state index is 8.59. The third-order valence-electron chi connectivity index (χ3n) is 6.63. The number of halogens is 38. The normalized spacial score (nSPS) is 16.9. The molecule has 364 valence electrons. The molecular weight excluding hydrogens is 3330 g/mol. The van der Waals surface area contributed by atoms with E-state index in [1.807, 2.05) is 0 Å². The lowest BCUT2D eigenvalue weighted by Crippen LogP contribution is -2.74. The molecule has 0 aromatic heterocycles. The van der Waals surface area contributed by atoms with E-state index in [1.165, 1.54) is 0 Å². The van der Waals surface area contributed by atoms with E-state index in [-0.39, 0.29) is 0 Å². The number of alkyl halides is 38. The van der Waals surface area contributed by atoms with Crippen LogP contribution in [0.3, 0.4) is 0 Å². The molecule has 0 atom stereocenters. The lowest BCUT2D eigenvalue weighted by Gasteiger charge is -2.62. The molecule has 60 heavy (non-hydrogen) atoms. The second-order valence-electron chi connectivity index (χ2n) is 10.4. The predicted molar refractivity (Wildman–Crippen MR) is 401 cm³/mol. The second kappa shape index (κ2) is 26.8. The van der Waals surface area contributed by atoms with Gasteiger partial charge in [-0.25, -0.2) is 8.42 Å². The first kappa shape index (κ1) is 80.2. The molecule has 0 bridgehead atoms. The maximum atomic E-state index is 8.59. The average molecular weight is 3330 g/mol. The topological polar surface area (TPSA) is 54.4 Å². The molecule has 0 radical (unpaired) electrons. The molecule has 0 aromatic rings. The van der Waals surface area contributed by atoms with Gasteiger partial charge in [-0.2, -0.15) is 0 Å². The Bertz CT molecular complexity index is 1490. The fourth-order valence-corrected chi connectivity index (χ4v) is 40.8. The van der Waals surface area contributed by atoms with Crippen molar-refractivity contribution in [2.75, 3.05) is 0 Å². The zero-order valence-electron chi connectivity index (χ0n) is 25.1. The van der Waals surface area contributed by atoms with Crippen molar-refractivity contribution in [2.45, 2.75) is 56.0 Å². The summed E-state index contributed by atoms with van der Waals surface area (Å²) in [6.45, 7) is 0. The van der Waals surface area contributed by atoms with Gasteiger partial charge < -0.3 is 0 Å². The van der Waals surface area contributed by atoms with Crippen molar-refractivity contribution < 1.29 is 13.0 Å². The largest absolute Gasteiger partial charge is 0.288 e. The van der Waals surface area contributed by atoms with Crippen molar-refractivity contribution in [1.29, 1.82) is 0 Å². The smallest absolute Gasteiger partial charge is 0.254 e. The fourth-order valence-electron chi connectivity index (χ4n) is 3.12. The third-order valence-corrected chi connectivity index (χ3v) is 86.6. The lowest BCUT2D eigenvalue weighted by molar-refractivity contribution is 0.509. The van der Waals surface area contributed by atoms with Crippen LogP contribution in [-0.4, -0.2) is 69.0 Å². The molecule has 0 rings (SSSR count). The highest BCUT2D eigenvalue weighted by Crippen LogP contribution is 2.84. The molecule has 3 nitrogen and oxygen atoms in total. The van der Waals surface area contributed by atoms with Crippen molar-refractivity contribution in [1.82, 2.24) is 0 Å². The minimum Gasteiger partial charge on any atom is -0.288 e. The van der Waals surface area contributed by atoms with Crippen molar-refractivity contribution >= 4 is 616 Å². The molecule has 0 saturated heterocycles. The van der Waals surface area contributed by atoms with Gasteiger partial charge in [0.2, 0.25) is 0 Å². The summed E-state index contributed by atoms with van der Waals surface area (Å²) in [7, 11) is -3.12. The highest BCUT2D eigenvalue weighted by molar-refractivity contribution is 9.44. The first-order valence-electron chi connectivity index (χ1n) is 12.0. The van der Waals surface area contributed by atoms with Gasteiger partial charge in [-0.1, -0.05) is 605 Å². The number of thiol groups is 1. The summed E-state index contributed by atoms with van der Waals surface area (Å²) < 4.78 is 2.46. The van der Waals surface area contributed by atoms with Crippen molar-refractivity contribution in [3.63, 3.8) is 0 Å². The third kappa shape index (κ3) is 14.7. The van der Waals surface area contributed by atoms with E-state index in [0.29, 0.717) is 0 Å². The molecule has 42 heteroatoms. The van der Waals surface area contributed by atoms with E-state index in [1.54, 1.807) is 0 Å². The van der Waals surface area contributed by atoms with Crippen LogP contribution in [0, 0.1) is 0 Å². The monoisotopic (exact) mass is 3300 g/mol. The van der Waals surface area contributed by atoms with Crippen LogP contribution in [-0.2, 0) is 11.0 Å². The Balaban J connectivity index is 0. The van der Waals surface area contributed by atoms with E-state index in [9.17, 15) is 0 Å². The molecule has 0 unspecified atom stereocenters. The molecule has 0 fully saturated rings. The maximum Gasteiger partial charge on any atom is 0.254 e. The molecule has 0 aromatic carbocycles. The van der Waals surface area contributed by atoms with E-state index < -0.39 is 67.0 Å². The summed E-state index contributed by atoms with van der Waals surface area (Å²) in [5.41, 5.74) is 0. The second-order valence-corrected chi connectivity index (χ2v) is 79.5.